The Bertz CT molecular complexity index is 870. The van der Waals surface area contributed by atoms with Crippen LogP contribution in [0.4, 0.5) is 5.95 Å². The number of ether oxygens (including phenoxy) is 2. The summed E-state index contributed by atoms with van der Waals surface area (Å²) < 4.78 is 11.7. The van der Waals surface area contributed by atoms with Crippen LogP contribution in [-0.2, 0) is 9.47 Å². The highest BCUT2D eigenvalue weighted by Crippen LogP contribution is 2.30. The second-order valence-corrected chi connectivity index (χ2v) is 5.32. The molecule has 0 spiro atoms. The Morgan fingerprint density at radius 2 is 2.12 bits per heavy atom. The molecule has 24 heavy (non-hydrogen) atoms. The van der Waals surface area contributed by atoms with Gasteiger partial charge in [-0.1, -0.05) is 6.08 Å². The van der Waals surface area contributed by atoms with Gasteiger partial charge in [0.05, 0.1) is 13.2 Å². The van der Waals surface area contributed by atoms with E-state index in [0.717, 1.165) is 4.57 Å². The number of fused-ring (bicyclic) bond motifs is 1. The normalized spacial score (nSPS) is 26.9. The number of aliphatic hydroxyl groups excluding tert-OH is 2. The first-order valence-electron chi connectivity index (χ1n) is 7.14. The smallest absolute Gasteiger partial charge is 0.330 e. The lowest BCUT2D eigenvalue weighted by Crippen LogP contribution is -2.35. The molecule has 1 aliphatic rings. The topological polar surface area (TPSA) is 168 Å². The lowest BCUT2D eigenvalue weighted by atomic mass is 10.1. The Hall–Kier alpha value is -2.47. The Morgan fingerprint density at radius 3 is 2.83 bits per heavy atom. The zero-order valence-electron chi connectivity index (χ0n) is 12.5. The molecule has 130 valence electrons. The van der Waals surface area contributed by atoms with Crippen molar-refractivity contribution in [2.75, 3.05) is 18.9 Å². The molecule has 0 radical (unpaired) electrons. The predicted octanol–water partition coefficient (Wildman–Crippen LogP) is -2.18. The van der Waals surface area contributed by atoms with Gasteiger partial charge in [0.25, 0.3) is 5.56 Å². The molecule has 0 unspecified atom stereocenters. The SMILES string of the molecule is C=CCOC[C@H]1O[C@@H](n2c(=O)[nH]c3c(=O)[nH]c(N)nc32)[C@H](O)[C@@H]1O. The number of hydrogen-bond donors (Lipinski definition) is 5. The molecule has 2 aromatic heterocycles. The Kier molecular flexibility index (Phi) is 4.24. The number of aromatic nitrogens is 4. The summed E-state index contributed by atoms with van der Waals surface area (Å²) in [7, 11) is 0. The molecule has 0 aliphatic carbocycles. The maximum Gasteiger partial charge on any atom is 0.330 e. The van der Waals surface area contributed by atoms with E-state index in [9.17, 15) is 19.8 Å². The van der Waals surface area contributed by atoms with Crippen LogP contribution in [-0.4, -0.2) is 61.3 Å². The first-order valence-corrected chi connectivity index (χ1v) is 7.14. The molecule has 11 nitrogen and oxygen atoms in total. The summed E-state index contributed by atoms with van der Waals surface area (Å²) in [6.07, 6.45) is -3.27. The molecule has 1 aliphatic heterocycles. The number of imidazole rings is 1. The van der Waals surface area contributed by atoms with Crippen LogP contribution in [0.1, 0.15) is 6.23 Å². The minimum absolute atomic E-state index is 0.00595. The molecular weight excluding hydrogens is 322 g/mol. The molecule has 1 saturated heterocycles. The minimum Gasteiger partial charge on any atom is -0.387 e. The zero-order valence-corrected chi connectivity index (χ0v) is 12.5. The number of anilines is 1. The van der Waals surface area contributed by atoms with Gasteiger partial charge in [0, 0.05) is 0 Å². The fourth-order valence-electron chi connectivity index (χ4n) is 2.61. The third kappa shape index (κ3) is 2.63. The van der Waals surface area contributed by atoms with Gasteiger partial charge < -0.3 is 25.4 Å². The van der Waals surface area contributed by atoms with Crippen molar-refractivity contribution in [1.82, 2.24) is 19.5 Å². The monoisotopic (exact) mass is 339 g/mol. The van der Waals surface area contributed by atoms with E-state index >= 15 is 0 Å². The molecule has 11 heteroatoms. The quantitative estimate of drug-likeness (QED) is 0.302. The number of aromatic amines is 2. The van der Waals surface area contributed by atoms with Gasteiger partial charge in [-0.2, -0.15) is 4.98 Å². The van der Waals surface area contributed by atoms with E-state index in [2.05, 4.69) is 21.5 Å². The third-order valence-electron chi connectivity index (χ3n) is 3.71. The van der Waals surface area contributed by atoms with Crippen molar-refractivity contribution in [3.05, 3.63) is 33.5 Å². The van der Waals surface area contributed by atoms with E-state index in [0.29, 0.717) is 0 Å². The summed E-state index contributed by atoms with van der Waals surface area (Å²) in [5, 5.41) is 20.3. The highest BCUT2D eigenvalue weighted by atomic mass is 16.6. The number of rotatable bonds is 5. The minimum atomic E-state index is -1.42. The molecule has 3 rings (SSSR count). The van der Waals surface area contributed by atoms with Crippen LogP contribution in [0.3, 0.4) is 0 Å². The van der Waals surface area contributed by atoms with Crippen molar-refractivity contribution >= 4 is 17.1 Å². The molecule has 0 aromatic carbocycles. The summed E-state index contributed by atoms with van der Waals surface area (Å²) in [5.74, 6) is -0.195. The van der Waals surface area contributed by atoms with Gasteiger partial charge in [-0.25, -0.2) is 9.36 Å². The number of nitrogens with zero attached hydrogens (tertiary/aromatic N) is 2. The van der Waals surface area contributed by atoms with Crippen molar-refractivity contribution in [2.24, 2.45) is 0 Å². The first kappa shape index (κ1) is 16.4. The van der Waals surface area contributed by atoms with Gasteiger partial charge in [0.1, 0.15) is 18.3 Å². The average Bonchev–Trinajstić information content (AvgIpc) is 2.99. The number of nitrogens with one attached hydrogen (secondary N) is 2. The molecule has 4 atom stereocenters. The highest BCUT2D eigenvalue weighted by Gasteiger charge is 2.45. The van der Waals surface area contributed by atoms with Crippen LogP contribution < -0.4 is 17.0 Å². The molecule has 2 aromatic rings. The van der Waals surface area contributed by atoms with Crippen molar-refractivity contribution < 1.29 is 19.7 Å². The first-order chi connectivity index (χ1) is 11.4. The zero-order chi connectivity index (χ0) is 17.4. The van der Waals surface area contributed by atoms with E-state index in [-0.39, 0.29) is 30.3 Å². The third-order valence-corrected chi connectivity index (χ3v) is 3.71. The van der Waals surface area contributed by atoms with Gasteiger partial charge in [0.2, 0.25) is 5.95 Å². The fraction of sp³-hybridized carbons (Fsp3) is 0.462. The van der Waals surface area contributed by atoms with E-state index in [1.54, 1.807) is 0 Å². The van der Waals surface area contributed by atoms with Crippen LogP contribution in [0.5, 0.6) is 0 Å². The van der Waals surface area contributed by atoms with Gasteiger partial charge in [-0.3, -0.25) is 14.8 Å². The van der Waals surface area contributed by atoms with E-state index in [1.165, 1.54) is 6.08 Å². The van der Waals surface area contributed by atoms with Crippen LogP contribution in [0.25, 0.3) is 11.2 Å². The summed E-state index contributed by atoms with van der Waals surface area (Å²) in [6, 6.07) is 0. The number of H-pyrrole nitrogens is 2. The van der Waals surface area contributed by atoms with Crippen molar-refractivity contribution in [1.29, 1.82) is 0 Å². The Labute approximate surface area is 134 Å². The van der Waals surface area contributed by atoms with Crippen LogP contribution in [0.15, 0.2) is 22.2 Å². The maximum absolute atomic E-state index is 12.2. The fourth-order valence-corrected chi connectivity index (χ4v) is 2.61. The van der Waals surface area contributed by atoms with Gasteiger partial charge in [-0.05, 0) is 0 Å². The summed E-state index contributed by atoms with van der Waals surface area (Å²) >= 11 is 0. The summed E-state index contributed by atoms with van der Waals surface area (Å²) in [6.45, 7) is 3.73. The number of aliphatic hydroxyl groups is 2. The number of hydrogen-bond acceptors (Lipinski definition) is 8. The van der Waals surface area contributed by atoms with Crippen LogP contribution in [0, 0.1) is 0 Å². The molecule has 1 fully saturated rings. The van der Waals surface area contributed by atoms with E-state index < -0.39 is 35.8 Å². The summed E-state index contributed by atoms with van der Waals surface area (Å²) in [4.78, 5) is 32.5. The lowest BCUT2D eigenvalue weighted by molar-refractivity contribution is -0.0631. The number of nitrogen functional groups attached to an aromatic ring is 1. The molecule has 0 bridgehead atoms. The van der Waals surface area contributed by atoms with Crippen molar-refractivity contribution in [3.8, 4) is 0 Å². The Balaban J connectivity index is 1.98. The molecular formula is C13H17N5O6. The lowest BCUT2D eigenvalue weighted by Gasteiger charge is -2.15. The number of nitrogens with two attached hydrogens (primary N) is 1. The second kappa shape index (κ2) is 6.20. The maximum atomic E-state index is 12.2. The molecule has 3 heterocycles. The van der Waals surface area contributed by atoms with Crippen LogP contribution >= 0.6 is 0 Å². The van der Waals surface area contributed by atoms with Crippen molar-refractivity contribution in [3.63, 3.8) is 0 Å². The van der Waals surface area contributed by atoms with Gasteiger partial charge in [0.15, 0.2) is 17.4 Å². The van der Waals surface area contributed by atoms with E-state index in [4.69, 9.17) is 15.2 Å². The van der Waals surface area contributed by atoms with Crippen molar-refractivity contribution in [2.45, 2.75) is 24.5 Å². The Morgan fingerprint density at radius 1 is 1.38 bits per heavy atom. The average molecular weight is 339 g/mol. The van der Waals surface area contributed by atoms with Gasteiger partial charge in [-0.15, -0.1) is 6.58 Å². The van der Waals surface area contributed by atoms with Gasteiger partial charge >= 0.3 is 5.69 Å². The highest BCUT2D eigenvalue weighted by molar-refractivity contribution is 5.70. The summed E-state index contributed by atoms with van der Waals surface area (Å²) in [5.41, 5.74) is 3.95. The molecule has 0 saturated carbocycles. The largest absolute Gasteiger partial charge is 0.387 e. The standard InChI is InChI=1S/C13H17N5O6/c1-2-3-23-4-5-7(19)8(20)11(24-5)18-9-6(15-13(18)22)10(21)17-12(14)16-9/h2,5,7-8,11,19-20H,1,3-4H2,(H,15,22)(H3,14,16,17,21)/t5-,7-,8-,11-/m1/s1. The molecule has 0 amide bonds. The van der Waals surface area contributed by atoms with Crippen LogP contribution in [0.2, 0.25) is 0 Å². The molecule has 6 N–H and O–H groups in total. The van der Waals surface area contributed by atoms with E-state index in [1.807, 2.05) is 0 Å². The second-order valence-electron chi connectivity index (χ2n) is 5.32. The predicted molar refractivity (Wildman–Crippen MR) is 82.3 cm³/mol.